The normalized spacial score (nSPS) is 11.0. The third-order valence-corrected chi connectivity index (χ3v) is 5.45. The maximum Gasteiger partial charge on any atom is 0.340 e. The summed E-state index contributed by atoms with van der Waals surface area (Å²) in [7, 11) is 1.38. The summed E-state index contributed by atoms with van der Waals surface area (Å²) in [4.78, 5) is 16.9. The molecule has 0 atom stereocenters. The summed E-state index contributed by atoms with van der Waals surface area (Å²) in [6, 6.07) is 20.1. The highest BCUT2D eigenvalue weighted by molar-refractivity contribution is 6.30. The first-order valence-electron chi connectivity index (χ1n) is 10.1. The maximum atomic E-state index is 12.3. The van der Waals surface area contributed by atoms with E-state index in [1.165, 1.54) is 12.7 Å². The maximum absolute atomic E-state index is 12.3. The zero-order valence-electron chi connectivity index (χ0n) is 17.7. The molecular weight excluding hydrogens is 412 g/mol. The molecule has 0 N–H and O–H groups in total. The molecule has 0 radical (unpaired) electrons. The number of carbonyl (C=O) groups excluding carboxylic acids is 1. The molecule has 0 amide bonds. The topological polar surface area (TPSA) is 53.4 Å². The molecule has 0 bridgehead atoms. The number of carbonyl (C=O) groups is 1. The summed E-state index contributed by atoms with van der Waals surface area (Å²) in [5.74, 6) is -0.401. The molecule has 0 fully saturated rings. The number of rotatable bonds is 6. The molecule has 4 rings (SSSR count). The van der Waals surface area contributed by atoms with Gasteiger partial charge in [0.15, 0.2) is 0 Å². The van der Waals surface area contributed by atoms with Crippen molar-refractivity contribution in [1.29, 1.82) is 0 Å². The van der Waals surface area contributed by atoms with E-state index in [-0.39, 0.29) is 0 Å². The summed E-state index contributed by atoms with van der Waals surface area (Å²) in [6.07, 6.45) is 0. The van der Waals surface area contributed by atoms with Crippen LogP contribution in [0.1, 0.15) is 28.4 Å². The van der Waals surface area contributed by atoms with Crippen LogP contribution in [0.2, 0.25) is 5.02 Å². The second-order valence-electron chi connectivity index (χ2n) is 7.23. The number of imidazole rings is 1. The Kier molecular flexibility index (Phi) is 5.96. The Labute approximate surface area is 186 Å². The number of ether oxygens (including phenoxy) is 2. The first-order chi connectivity index (χ1) is 15.0. The molecule has 158 valence electrons. The second kappa shape index (κ2) is 8.82. The molecule has 0 aliphatic rings. The van der Waals surface area contributed by atoms with Gasteiger partial charge in [0.1, 0.15) is 0 Å². The quantitative estimate of drug-likeness (QED) is 0.354. The predicted octanol–water partition coefficient (Wildman–Crippen LogP) is 5.90. The van der Waals surface area contributed by atoms with Crippen molar-refractivity contribution in [2.45, 2.75) is 20.4 Å². The molecule has 1 heterocycles. The monoisotopic (exact) mass is 434 g/mol. The zero-order valence-corrected chi connectivity index (χ0v) is 18.4. The molecule has 4 aromatic rings. The van der Waals surface area contributed by atoms with Gasteiger partial charge in [0.25, 0.3) is 6.01 Å². The lowest BCUT2D eigenvalue weighted by atomic mass is 9.99. The highest BCUT2D eigenvalue weighted by Gasteiger charge is 2.19. The standard InChI is InChI=1S/C25H23ClN2O3/c1-4-31-25-27-22-7-5-6-20(24(29)30-3)23(22)28(25)15-17-9-11-18(12-10-17)21-14-19(26)13-8-16(21)2/h5-14H,4,15H2,1-3H3. The first-order valence-corrected chi connectivity index (χ1v) is 10.5. The highest BCUT2D eigenvalue weighted by Crippen LogP contribution is 2.29. The Bertz CT molecular complexity index is 1250. The number of hydrogen-bond acceptors (Lipinski definition) is 4. The van der Waals surface area contributed by atoms with Crippen LogP contribution in [0.3, 0.4) is 0 Å². The van der Waals surface area contributed by atoms with Crippen LogP contribution < -0.4 is 4.74 Å². The Hall–Kier alpha value is -3.31. The van der Waals surface area contributed by atoms with Gasteiger partial charge in [0, 0.05) is 5.02 Å². The number of fused-ring (bicyclic) bond motifs is 1. The van der Waals surface area contributed by atoms with Gasteiger partial charge in [-0.15, -0.1) is 0 Å². The van der Waals surface area contributed by atoms with Crippen molar-refractivity contribution < 1.29 is 14.3 Å². The smallest absolute Gasteiger partial charge is 0.340 e. The molecule has 0 saturated carbocycles. The lowest BCUT2D eigenvalue weighted by Gasteiger charge is -2.12. The minimum absolute atomic E-state index is 0.401. The van der Waals surface area contributed by atoms with E-state index >= 15 is 0 Å². The van der Waals surface area contributed by atoms with Crippen LogP contribution in [-0.4, -0.2) is 29.2 Å². The van der Waals surface area contributed by atoms with Gasteiger partial charge in [0.05, 0.1) is 36.9 Å². The average molecular weight is 435 g/mol. The SMILES string of the molecule is CCOc1nc2cccc(C(=O)OC)c2n1Cc1ccc(-c2cc(Cl)ccc2C)cc1. The largest absolute Gasteiger partial charge is 0.465 e. The van der Waals surface area contributed by atoms with E-state index in [1.54, 1.807) is 12.1 Å². The summed E-state index contributed by atoms with van der Waals surface area (Å²) in [6.45, 7) is 4.96. The van der Waals surface area contributed by atoms with E-state index in [2.05, 4.69) is 36.2 Å². The molecule has 0 aliphatic carbocycles. The van der Waals surface area contributed by atoms with Crippen LogP contribution in [0.15, 0.2) is 60.7 Å². The summed E-state index contributed by atoms with van der Waals surface area (Å²) in [5.41, 5.74) is 6.28. The lowest BCUT2D eigenvalue weighted by Crippen LogP contribution is -2.09. The minimum atomic E-state index is -0.401. The Morgan fingerprint density at radius 2 is 1.87 bits per heavy atom. The fourth-order valence-corrected chi connectivity index (χ4v) is 3.87. The number of aryl methyl sites for hydroxylation is 1. The second-order valence-corrected chi connectivity index (χ2v) is 7.67. The van der Waals surface area contributed by atoms with Crippen molar-refractivity contribution in [1.82, 2.24) is 9.55 Å². The number of benzene rings is 3. The molecule has 0 unspecified atom stereocenters. The van der Waals surface area contributed by atoms with E-state index < -0.39 is 5.97 Å². The van der Waals surface area contributed by atoms with Crippen molar-refractivity contribution in [2.24, 2.45) is 0 Å². The van der Waals surface area contributed by atoms with Crippen LogP contribution >= 0.6 is 11.6 Å². The van der Waals surface area contributed by atoms with Gasteiger partial charge in [-0.2, -0.15) is 4.98 Å². The van der Waals surface area contributed by atoms with Crippen molar-refractivity contribution >= 4 is 28.6 Å². The predicted molar refractivity (Wildman–Crippen MR) is 123 cm³/mol. The molecule has 31 heavy (non-hydrogen) atoms. The van der Waals surface area contributed by atoms with Crippen LogP contribution in [-0.2, 0) is 11.3 Å². The molecule has 0 spiro atoms. The van der Waals surface area contributed by atoms with Gasteiger partial charge >= 0.3 is 5.97 Å². The third kappa shape index (κ3) is 4.14. The number of esters is 1. The molecule has 1 aromatic heterocycles. The zero-order chi connectivity index (χ0) is 22.0. The number of halogens is 1. The summed E-state index contributed by atoms with van der Waals surface area (Å²) in [5, 5.41) is 0.714. The van der Waals surface area contributed by atoms with Gasteiger partial charge in [-0.25, -0.2) is 4.79 Å². The number of methoxy groups -OCH3 is 1. The fraction of sp³-hybridized carbons (Fsp3) is 0.200. The highest BCUT2D eigenvalue weighted by atomic mass is 35.5. The molecule has 5 nitrogen and oxygen atoms in total. The molecule has 3 aromatic carbocycles. The van der Waals surface area contributed by atoms with Crippen LogP contribution in [0.5, 0.6) is 6.01 Å². The average Bonchev–Trinajstić information content (AvgIpc) is 3.13. The van der Waals surface area contributed by atoms with E-state index in [0.717, 1.165) is 16.7 Å². The Morgan fingerprint density at radius 1 is 1.10 bits per heavy atom. The molecule has 0 saturated heterocycles. The lowest BCUT2D eigenvalue weighted by molar-refractivity contribution is 0.0602. The van der Waals surface area contributed by atoms with Gasteiger partial charge in [-0.05, 0) is 60.4 Å². The number of hydrogen-bond donors (Lipinski definition) is 0. The summed E-state index contributed by atoms with van der Waals surface area (Å²) < 4.78 is 12.7. The minimum Gasteiger partial charge on any atom is -0.465 e. The molecule has 0 aliphatic heterocycles. The van der Waals surface area contributed by atoms with E-state index in [9.17, 15) is 4.79 Å². The fourth-order valence-electron chi connectivity index (χ4n) is 3.70. The van der Waals surface area contributed by atoms with E-state index in [1.807, 2.05) is 35.8 Å². The number of nitrogens with zero attached hydrogens (tertiary/aromatic N) is 2. The van der Waals surface area contributed by atoms with Gasteiger partial charge in [-0.3, -0.25) is 4.57 Å². The third-order valence-electron chi connectivity index (χ3n) is 5.22. The van der Waals surface area contributed by atoms with Crippen LogP contribution in [0, 0.1) is 6.92 Å². The Morgan fingerprint density at radius 3 is 2.58 bits per heavy atom. The molecular formula is C25H23ClN2O3. The van der Waals surface area contributed by atoms with Gasteiger partial charge in [-0.1, -0.05) is 48.0 Å². The summed E-state index contributed by atoms with van der Waals surface area (Å²) >= 11 is 6.19. The van der Waals surface area contributed by atoms with Gasteiger partial charge in [0.2, 0.25) is 0 Å². The first kappa shape index (κ1) is 20.9. The van der Waals surface area contributed by atoms with Crippen LogP contribution in [0.4, 0.5) is 0 Å². The Balaban J connectivity index is 1.75. The number of aromatic nitrogens is 2. The van der Waals surface area contributed by atoms with Crippen molar-refractivity contribution in [2.75, 3.05) is 13.7 Å². The van der Waals surface area contributed by atoms with Gasteiger partial charge < -0.3 is 9.47 Å². The van der Waals surface area contributed by atoms with Crippen LogP contribution in [0.25, 0.3) is 22.2 Å². The van der Waals surface area contributed by atoms with Crippen molar-refractivity contribution in [3.05, 3.63) is 82.4 Å². The number of para-hydroxylation sites is 1. The van der Waals surface area contributed by atoms with E-state index in [4.69, 9.17) is 21.1 Å². The molecule has 6 heteroatoms. The van der Waals surface area contributed by atoms with Crippen molar-refractivity contribution in [3.8, 4) is 17.1 Å². The van der Waals surface area contributed by atoms with Crippen molar-refractivity contribution in [3.63, 3.8) is 0 Å². The van der Waals surface area contributed by atoms with E-state index in [0.29, 0.717) is 40.8 Å².